The third-order valence-electron chi connectivity index (χ3n) is 3.78. The zero-order valence-corrected chi connectivity index (χ0v) is 11.2. The van der Waals surface area contributed by atoms with Crippen molar-refractivity contribution in [1.29, 1.82) is 0 Å². The van der Waals surface area contributed by atoms with Gasteiger partial charge in [-0.15, -0.1) is 0 Å². The Hall–Kier alpha value is -1.98. The maximum Gasteiger partial charge on any atom is 0.205 e. The third kappa shape index (κ3) is 2.30. The molecule has 3 heterocycles. The van der Waals surface area contributed by atoms with Crippen molar-refractivity contribution in [2.75, 3.05) is 23.7 Å². The highest BCUT2D eigenvalue weighted by molar-refractivity contribution is 5.32. The van der Waals surface area contributed by atoms with E-state index < -0.39 is 0 Å². The molecule has 1 fully saturated rings. The minimum Gasteiger partial charge on any atom is -0.382 e. The van der Waals surface area contributed by atoms with E-state index in [1.165, 1.54) is 0 Å². The number of hydrogen-bond acceptors (Lipinski definition) is 4. The second-order valence-corrected chi connectivity index (χ2v) is 4.95. The quantitative estimate of drug-likeness (QED) is 0.908. The molecular formula is C13H20N6. The Morgan fingerprint density at radius 2 is 2.11 bits per heavy atom. The highest BCUT2D eigenvalue weighted by Gasteiger charge is 2.23. The van der Waals surface area contributed by atoms with E-state index in [2.05, 4.69) is 26.5 Å². The van der Waals surface area contributed by atoms with Crippen LogP contribution in [-0.2, 0) is 6.54 Å². The summed E-state index contributed by atoms with van der Waals surface area (Å²) in [6.45, 7) is 5.14. The van der Waals surface area contributed by atoms with Gasteiger partial charge in [0.1, 0.15) is 5.82 Å². The summed E-state index contributed by atoms with van der Waals surface area (Å²) in [5.74, 6) is 1.69. The molecule has 1 aliphatic rings. The molecule has 0 atom stereocenters. The van der Waals surface area contributed by atoms with Gasteiger partial charge in [-0.1, -0.05) is 0 Å². The molecule has 1 aliphatic heterocycles. The molecular weight excluding hydrogens is 240 g/mol. The van der Waals surface area contributed by atoms with Crippen LogP contribution in [0, 0.1) is 0 Å². The summed E-state index contributed by atoms with van der Waals surface area (Å²) in [6, 6.07) is 2.31. The van der Waals surface area contributed by atoms with E-state index in [9.17, 15) is 0 Å². The summed E-state index contributed by atoms with van der Waals surface area (Å²) in [5, 5.41) is 4.31. The lowest BCUT2D eigenvalue weighted by atomic mass is 10.1. The predicted molar refractivity (Wildman–Crippen MR) is 75.0 cm³/mol. The summed E-state index contributed by atoms with van der Waals surface area (Å²) in [5.41, 5.74) is 5.67. The molecule has 2 N–H and O–H groups in total. The lowest BCUT2D eigenvalue weighted by Crippen LogP contribution is -2.36. The van der Waals surface area contributed by atoms with E-state index in [1.54, 1.807) is 0 Å². The monoisotopic (exact) mass is 260 g/mol. The SMILES string of the molecule is CCn1ccnc1N1CCC(n2ccc(N)n2)CC1. The summed E-state index contributed by atoms with van der Waals surface area (Å²) in [6.07, 6.45) is 8.05. The van der Waals surface area contributed by atoms with Crippen LogP contribution >= 0.6 is 0 Å². The van der Waals surface area contributed by atoms with Gasteiger partial charge in [0.05, 0.1) is 6.04 Å². The van der Waals surface area contributed by atoms with Crippen LogP contribution in [0.3, 0.4) is 0 Å². The number of hydrogen-bond donors (Lipinski definition) is 1. The maximum atomic E-state index is 5.67. The number of nitrogens with zero attached hydrogens (tertiary/aromatic N) is 5. The largest absolute Gasteiger partial charge is 0.382 e. The zero-order valence-electron chi connectivity index (χ0n) is 11.2. The Kier molecular flexibility index (Phi) is 3.15. The fourth-order valence-corrected chi connectivity index (χ4v) is 2.72. The first-order valence-corrected chi connectivity index (χ1v) is 6.84. The van der Waals surface area contributed by atoms with Crippen molar-refractivity contribution < 1.29 is 0 Å². The summed E-state index contributed by atoms with van der Waals surface area (Å²) < 4.78 is 4.19. The lowest BCUT2D eigenvalue weighted by molar-refractivity contribution is 0.364. The highest BCUT2D eigenvalue weighted by atomic mass is 15.3. The van der Waals surface area contributed by atoms with Crippen LogP contribution in [0.5, 0.6) is 0 Å². The molecule has 0 bridgehead atoms. The van der Waals surface area contributed by atoms with Crippen molar-refractivity contribution in [2.45, 2.75) is 32.4 Å². The second-order valence-electron chi connectivity index (χ2n) is 4.95. The number of rotatable bonds is 3. The van der Waals surface area contributed by atoms with Gasteiger partial charge in [0.15, 0.2) is 0 Å². The third-order valence-corrected chi connectivity index (χ3v) is 3.78. The summed E-state index contributed by atoms with van der Waals surface area (Å²) in [7, 11) is 0. The molecule has 0 aromatic carbocycles. The minimum atomic E-state index is 0.457. The number of aryl methyl sites for hydroxylation is 1. The maximum absolute atomic E-state index is 5.67. The van der Waals surface area contributed by atoms with Crippen molar-refractivity contribution in [2.24, 2.45) is 0 Å². The average molecular weight is 260 g/mol. The molecule has 1 saturated heterocycles. The molecule has 0 spiro atoms. The van der Waals surface area contributed by atoms with Gasteiger partial charge in [0, 0.05) is 38.2 Å². The van der Waals surface area contributed by atoms with Gasteiger partial charge in [-0.05, 0) is 25.8 Å². The van der Waals surface area contributed by atoms with E-state index in [1.807, 2.05) is 29.3 Å². The Bertz CT molecular complexity index is 535. The number of anilines is 2. The zero-order chi connectivity index (χ0) is 13.2. The summed E-state index contributed by atoms with van der Waals surface area (Å²) in [4.78, 5) is 6.81. The van der Waals surface area contributed by atoms with Crippen molar-refractivity contribution >= 4 is 11.8 Å². The van der Waals surface area contributed by atoms with E-state index in [0.29, 0.717) is 11.9 Å². The fourth-order valence-electron chi connectivity index (χ4n) is 2.72. The van der Waals surface area contributed by atoms with Gasteiger partial charge in [-0.3, -0.25) is 4.68 Å². The van der Waals surface area contributed by atoms with Crippen LogP contribution in [0.4, 0.5) is 11.8 Å². The van der Waals surface area contributed by atoms with Crippen LogP contribution in [0.15, 0.2) is 24.7 Å². The number of aromatic nitrogens is 4. The lowest BCUT2D eigenvalue weighted by Gasteiger charge is -2.32. The number of imidazole rings is 1. The normalized spacial score (nSPS) is 17.0. The van der Waals surface area contributed by atoms with Crippen LogP contribution in [0.25, 0.3) is 0 Å². The molecule has 19 heavy (non-hydrogen) atoms. The first kappa shape index (κ1) is 12.1. The van der Waals surface area contributed by atoms with Crippen LogP contribution in [0.1, 0.15) is 25.8 Å². The summed E-state index contributed by atoms with van der Waals surface area (Å²) >= 11 is 0. The molecule has 0 radical (unpaired) electrons. The number of nitrogen functional groups attached to an aromatic ring is 1. The Morgan fingerprint density at radius 3 is 2.74 bits per heavy atom. The van der Waals surface area contributed by atoms with Crippen molar-refractivity contribution in [3.05, 3.63) is 24.7 Å². The van der Waals surface area contributed by atoms with Crippen LogP contribution in [-0.4, -0.2) is 32.4 Å². The minimum absolute atomic E-state index is 0.457. The topological polar surface area (TPSA) is 64.9 Å². The molecule has 0 aliphatic carbocycles. The van der Waals surface area contributed by atoms with Crippen LogP contribution < -0.4 is 10.6 Å². The van der Waals surface area contributed by atoms with Gasteiger partial charge in [0.2, 0.25) is 5.95 Å². The Morgan fingerprint density at radius 1 is 1.32 bits per heavy atom. The first-order valence-electron chi connectivity index (χ1n) is 6.84. The molecule has 102 valence electrons. The van der Waals surface area contributed by atoms with E-state index in [4.69, 9.17) is 5.73 Å². The predicted octanol–water partition coefficient (Wildman–Crippen LogP) is 1.52. The molecule has 0 saturated carbocycles. The van der Waals surface area contributed by atoms with Gasteiger partial charge in [-0.2, -0.15) is 5.10 Å². The molecule has 0 amide bonds. The van der Waals surface area contributed by atoms with Gasteiger partial charge >= 0.3 is 0 Å². The first-order chi connectivity index (χ1) is 9.28. The fraction of sp³-hybridized carbons (Fsp3) is 0.538. The molecule has 2 aromatic rings. The van der Waals surface area contributed by atoms with Crippen LogP contribution in [0.2, 0.25) is 0 Å². The van der Waals surface area contributed by atoms with Crippen molar-refractivity contribution in [1.82, 2.24) is 19.3 Å². The van der Waals surface area contributed by atoms with E-state index in [0.717, 1.165) is 38.4 Å². The molecule has 0 unspecified atom stereocenters. The number of nitrogens with two attached hydrogens (primary N) is 1. The number of piperidine rings is 1. The standard InChI is InChI=1S/C13H20N6/c1-2-17-10-6-15-13(17)18-7-3-11(4-8-18)19-9-5-12(14)16-19/h5-6,9-11H,2-4,7-8H2,1H3,(H2,14,16). The molecule has 3 rings (SSSR count). The Balaban J connectivity index is 1.66. The van der Waals surface area contributed by atoms with E-state index in [-0.39, 0.29) is 0 Å². The smallest absolute Gasteiger partial charge is 0.205 e. The molecule has 2 aromatic heterocycles. The molecule has 6 nitrogen and oxygen atoms in total. The molecule has 6 heteroatoms. The van der Waals surface area contributed by atoms with Gasteiger partial charge in [-0.25, -0.2) is 4.98 Å². The highest BCUT2D eigenvalue weighted by Crippen LogP contribution is 2.25. The Labute approximate surface area is 112 Å². The average Bonchev–Trinajstić information content (AvgIpc) is 3.07. The van der Waals surface area contributed by atoms with Gasteiger partial charge in [0.25, 0.3) is 0 Å². The van der Waals surface area contributed by atoms with Crippen molar-refractivity contribution in [3.8, 4) is 0 Å². The van der Waals surface area contributed by atoms with Crippen molar-refractivity contribution in [3.63, 3.8) is 0 Å². The second kappa shape index (κ2) is 4.95. The van der Waals surface area contributed by atoms with E-state index >= 15 is 0 Å². The van der Waals surface area contributed by atoms with Gasteiger partial charge < -0.3 is 15.2 Å².